The van der Waals surface area contributed by atoms with Crippen molar-refractivity contribution in [1.82, 2.24) is 15.1 Å². The summed E-state index contributed by atoms with van der Waals surface area (Å²) in [4.78, 5) is 52.7. The fourth-order valence-electron chi connectivity index (χ4n) is 4.63. The van der Waals surface area contributed by atoms with Crippen LogP contribution in [0.15, 0.2) is 0 Å². The van der Waals surface area contributed by atoms with Gasteiger partial charge in [0.25, 0.3) is 5.91 Å². The summed E-state index contributed by atoms with van der Waals surface area (Å²) >= 11 is 0. The van der Waals surface area contributed by atoms with E-state index >= 15 is 0 Å². The summed E-state index contributed by atoms with van der Waals surface area (Å²) in [5, 5.41) is 2.86. The molecular weight excluding hydrogens is 362 g/mol. The topological polar surface area (TPSA) is 96.0 Å². The van der Waals surface area contributed by atoms with Crippen molar-refractivity contribution >= 4 is 23.8 Å². The van der Waals surface area contributed by atoms with Crippen LogP contribution in [0, 0.1) is 11.8 Å². The van der Waals surface area contributed by atoms with E-state index in [1.54, 1.807) is 11.8 Å². The van der Waals surface area contributed by atoms with Crippen LogP contribution in [0.2, 0.25) is 0 Å². The average molecular weight is 393 g/mol. The highest BCUT2D eigenvalue weighted by Gasteiger charge is 2.52. The fourth-order valence-corrected chi connectivity index (χ4v) is 4.63. The number of carbonyl (C=O) groups excluding carboxylic acids is 4. The zero-order valence-corrected chi connectivity index (χ0v) is 16.9. The molecule has 1 atom stereocenters. The summed E-state index contributed by atoms with van der Waals surface area (Å²) in [5.74, 6) is -0.603. The molecule has 3 aliphatic rings. The Hall–Kier alpha value is -2.12. The standard InChI is InChI=1S/C20H31N3O5/c1-3-14-7-9-20(10-8-14)18(26)23(19(27)21-20)13-16(24)22-11-5-6-15(12-22)17(25)28-4-2/h14-15H,3-13H2,1-2H3,(H,21,27)/t14?,15-,20?/m0/s1. The minimum Gasteiger partial charge on any atom is -0.466 e. The summed E-state index contributed by atoms with van der Waals surface area (Å²) < 4.78 is 5.06. The van der Waals surface area contributed by atoms with E-state index in [1.165, 1.54) is 0 Å². The van der Waals surface area contributed by atoms with Gasteiger partial charge in [-0.2, -0.15) is 0 Å². The maximum atomic E-state index is 13.0. The SMILES string of the molecule is CCOC(=O)[C@H]1CCCN(C(=O)CN2C(=O)NC3(CCC(CC)CC3)C2=O)C1. The van der Waals surface area contributed by atoms with Gasteiger partial charge >= 0.3 is 12.0 Å². The van der Waals surface area contributed by atoms with Gasteiger partial charge in [0.1, 0.15) is 12.1 Å². The van der Waals surface area contributed by atoms with E-state index in [9.17, 15) is 19.2 Å². The normalized spacial score (nSPS) is 30.5. The van der Waals surface area contributed by atoms with Gasteiger partial charge in [-0.3, -0.25) is 19.3 Å². The van der Waals surface area contributed by atoms with E-state index < -0.39 is 11.6 Å². The first kappa shape index (κ1) is 20.6. The Kier molecular flexibility index (Phi) is 6.25. The third kappa shape index (κ3) is 4.00. The highest BCUT2D eigenvalue weighted by atomic mass is 16.5. The highest BCUT2D eigenvalue weighted by Crippen LogP contribution is 2.37. The number of nitrogens with zero attached hydrogens (tertiary/aromatic N) is 2. The van der Waals surface area contributed by atoms with Crippen LogP contribution < -0.4 is 5.32 Å². The van der Waals surface area contributed by atoms with Gasteiger partial charge in [0, 0.05) is 13.1 Å². The van der Waals surface area contributed by atoms with E-state index in [-0.39, 0.29) is 36.8 Å². The molecule has 1 aliphatic carbocycles. The Morgan fingerprint density at radius 1 is 1.18 bits per heavy atom. The molecule has 4 amide bonds. The Morgan fingerprint density at radius 2 is 1.89 bits per heavy atom. The van der Waals surface area contributed by atoms with Gasteiger partial charge in [-0.15, -0.1) is 0 Å². The van der Waals surface area contributed by atoms with Crippen molar-refractivity contribution in [1.29, 1.82) is 0 Å². The Morgan fingerprint density at radius 3 is 2.54 bits per heavy atom. The highest BCUT2D eigenvalue weighted by molar-refractivity contribution is 6.09. The molecule has 0 aromatic heterocycles. The van der Waals surface area contributed by atoms with Crippen molar-refractivity contribution in [2.24, 2.45) is 11.8 Å². The van der Waals surface area contributed by atoms with Gasteiger partial charge in [-0.25, -0.2) is 4.79 Å². The largest absolute Gasteiger partial charge is 0.466 e. The van der Waals surface area contributed by atoms with Crippen LogP contribution in [0.4, 0.5) is 4.79 Å². The zero-order chi connectivity index (χ0) is 20.3. The molecule has 0 aromatic carbocycles. The molecule has 3 fully saturated rings. The van der Waals surface area contributed by atoms with Crippen molar-refractivity contribution in [3.8, 4) is 0 Å². The Balaban J connectivity index is 1.60. The van der Waals surface area contributed by atoms with Crippen LogP contribution in [-0.2, 0) is 19.1 Å². The fraction of sp³-hybridized carbons (Fsp3) is 0.800. The van der Waals surface area contributed by atoms with Crippen molar-refractivity contribution in [3.63, 3.8) is 0 Å². The first-order valence-corrected chi connectivity index (χ1v) is 10.5. The summed E-state index contributed by atoms with van der Waals surface area (Å²) in [5.41, 5.74) is -0.835. The molecule has 28 heavy (non-hydrogen) atoms. The molecule has 1 spiro atoms. The van der Waals surface area contributed by atoms with Crippen molar-refractivity contribution in [3.05, 3.63) is 0 Å². The number of carbonyl (C=O) groups is 4. The number of imide groups is 1. The first-order chi connectivity index (χ1) is 13.4. The van der Waals surface area contributed by atoms with Gasteiger partial charge in [0.15, 0.2) is 0 Å². The van der Waals surface area contributed by atoms with Gasteiger partial charge in [-0.1, -0.05) is 13.3 Å². The monoisotopic (exact) mass is 393 g/mol. The number of nitrogens with one attached hydrogen (secondary N) is 1. The molecular formula is C20H31N3O5. The maximum absolute atomic E-state index is 13.0. The maximum Gasteiger partial charge on any atom is 0.325 e. The third-order valence-electron chi connectivity index (χ3n) is 6.47. The number of likely N-dealkylation sites (tertiary alicyclic amines) is 1. The summed E-state index contributed by atoms with van der Waals surface area (Å²) in [7, 11) is 0. The smallest absolute Gasteiger partial charge is 0.325 e. The molecule has 156 valence electrons. The summed E-state index contributed by atoms with van der Waals surface area (Å²) in [6.45, 7) is 4.76. The third-order valence-corrected chi connectivity index (χ3v) is 6.47. The molecule has 1 N–H and O–H groups in total. The molecule has 8 heteroatoms. The summed E-state index contributed by atoms with van der Waals surface area (Å²) in [6.07, 6.45) is 5.57. The van der Waals surface area contributed by atoms with Crippen LogP contribution >= 0.6 is 0 Å². The molecule has 2 aliphatic heterocycles. The number of hydrogen-bond donors (Lipinski definition) is 1. The lowest BCUT2D eigenvalue weighted by Gasteiger charge is -2.35. The van der Waals surface area contributed by atoms with Crippen LogP contribution in [-0.4, -0.2) is 65.4 Å². The van der Waals surface area contributed by atoms with Gasteiger partial charge in [-0.05, 0) is 51.4 Å². The lowest BCUT2D eigenvalue weighted by atomic mass is 9.75. The molecule has 0 aromatic rings. The molecule has 8 nitrogen and oxygen atoms in total. The molecule has 1 saturated carbocycles. The van der Waals surface area contributed by atoms with Gasteiger partial charge in [0.2, 0.25) is 5.91 Å². The second kappa shape index (κ2) is 8.49. The summed E-state index contributed by atoms with van der Waals surface area (Å²) in [6, 6.07) is -0.479. The van der Waals surface area contributed by atoms with Crippen molar-refractivity contribution < 1.29 is 23.9 Å². The van der Waals surface area contributed by atoms with E-state index in [4.69, 9.17) is 4.74 Å². The molecule has 0 radical (unpaired) electrons. The number of esters is 1. The molecule has 2 heterocycles. The molecule has 2 saturated heterocycles. The minimum absolute atomic E-state index is 0.265. The predicted molar refractivity (Wildman–Crippen MR) is 101 cm³/mol. The lowest BCUT2D eigenvalue weighted by Crippen LogP contribution is -2.51. The van der Waals surface area contributed by atoms with Crippen LogP contribution in [0.3, 0.4) is 0 Å². The number of ether oxygens (including phenoxy) is 1. The van der Waals surface area contributed by atoms with Crippen LogP contribution in [0.25, 0.3) is 0 Å². The molecule has 3 rings (SSSR count). The van der Waals surface area contributed by atoms with Gasteiger partial charge < -0.3 is 15.0 Å². The lowest BCUT2D eigenvalue weighted by molar-refractivity contribution is -0.152. The van der Waals surface area contributed by atoms with Crippen molar-refractivity contribution in [2.75, 3.05) is 26.2 Å². The number of urea groups is 1. The number of rotatable bonds is 5. The Labute approximate surface area is 165 Å². The van der Waals surface area contributed by atoms with E-state index in [2.05, 4.69) is 12.2 Å². The van der Waals surface area contributed by atoms with Crippen molar-refractivity contribution in [2.45, 2.75) is 64.3 Å². The number of piperidine rings is 1. The second-order valence-electron chi connectivity index (χ2n) is 8.19. The number of amides is 4. The molecule has 0 unspecified atom stereocenters. The van der Waals surface area contributed by atoms with Crippen LogP contribution in [0.1, 0.15) is 58.8 Å². The average Bonchev–Trinajstić information content (AvgIpc) is 2.93. The second-order valence-corrected chi connectivity index (χ2v) is 8.19. The minimum atomic E-state index is -0.835. The first-order valence-electron chi connectivity index (χ1n) is 10.5. The quantitative estimate of drug-likeness (QED) is 0.566. The van der Waals surface area contributed by atoms with E-state index in [1.807, 2.05) is 0 Å². The molecule has 0 bridgehead atoms. The predicted octanol–water partition coefficient (Wildman–Crippen LogP) is 1.68. The van der Waals surface area contributed by atoms with Gasteiger partial charge in [0.05, 0.1) is 12.5 Å². The zero-order valence-electron chi connectivity index (χ0n) is 16.9. The van der Waals surface area contributed by atoms with E-state index in [0.717, 1.165) is 24.2 Å². The Bertz CT molecular complexity index is 642. The van der Waals surface area contributed by atoms with Crippen LogP contribution in [0.5, 0.6) is 0 Å². The number of hydrogen-bond acceptors (Lipinski definition) is 5. The van der Waals surface area contributed by atoms with E-state index in [0.29, 0.717) is 44.8 Å².